The molecule has 1 aliphatic carbocycles. The maximum atomic E-state index is 13.5. The summed E-state index contributed by atoms with van der Waals surface area (Å²) in [5, 5.41) is 1.61. The smallest absolute Gasteiger partial charge is 0.409 e. The van der Waals surface area contributed by atoms with Gasteiger partial charge < -0.3 is 14.5 Å². The van der Waals surface area contributed by atoms with Gasteiger partial charge in [0.05, 0.1) is 17.1 Å². The molecule has 1 aromatic carbocycles. The van der Waals surface area contributed by atoms with Gasteiger partial charge in [0.25, 0.3) is 5.91 Å². The summed E-state index contributed by atoms with van der Waals surface area (Å²) < 4.78 is 5.27. The van der Waals surface area contributed by atoms with Crippen LogP contribution in [0.25, 0.3) is 10.9 Å². The van der Waals surface area contributed by atoms with Crippen molar-refractivity contribution in [1.82, 2.24) is 19.8 Å². The van der Waals surface area contributed by atoms with Crippen LogP contribution in [-0.4, -0.2) is 64.1 Å². The summed E-state index contributed by atoms with van der Waals surface area (Å²) in [5.41, 5.74) is 5.75. The molecule has 2 aromatic heterocycles. The van der Waals surface area contributed by atoms with Crippen molar-refractivity contribution >= 4 is 34.5 Å². The Morgan fingerprint density at radius 2 is 2.05 bits per heavy atom. The van der Waals surface area contributed by atoms with Crippen molar-refractivity contribution in [3.63, 3.8) is 0 Å². The number of rotatable bonds is 4. The van der Waals surface area contributed by atoms with Crippen LogP contribution in [-0.2, 0) is 17.6 Å². The second-order valence-electron chi connectivity index (χ2n) is 10.1. The number of piperazine rings is 1. The second-order valence-corrected chi connectivity index (χ2v) is 10.5. The highest BCUT2D eigenvalue weighted by Crippen LogP contribution is 2.38. The van der Waals surface area contributed by atoms with Crippen LogP contribution in [0.2, 0.25) is 5.02 Å². The molecule has 2 aliphatic rings. The van der Waals surface area contributed by atoms with Gasteiger partial charge in [-0.2, -0.15) is 0 Å². The normalized spacial score (nSPS) is 19.6. The molecule has 1 unspecified atom stereocenters. The van der Waals surface area contributed by atoms with Crippen LogP contribution in [0.15, 0.2) is 36.5 Å². The van der Waals surface area contributed by atoms with Crippen molar-refractivity contribution in [2.75, 3.05) is 26.2 Å². The molecular weight excluding hydrogens is 488 g/mol. The average Bonchev–Trinajstić information content (AvgIpc) is 2.91. The number of halogens is 1. The number of pyridine rings is 2. The third kappa shape index (κ3) is 5.01. The third-order valence-electron chi connectivity index (χ3n) is 7.55. The molecule has 5 rings (SSSR count). The summed E-state index contributed by atoms with van der Waals surface area (Å²) in [7, 11) is 0. The maximum Gasteiger partial charge on any atom is 0.409 e. The number of carbonyl (C=O) groups is 2. The zero-order valence-corrected chi connectivity index (χ0v) is 22.4. The van der Waals surface area contributed by atoms with Crippen molar-refractivity contribution in [3.05, 3.63) is 69.6 Å². The van der Waals surface area contributed by atoms with E-state index in [-0.39, 0.29) is 18.0 Å². The first-order valence-electron chi connectivity index (χ1n) is 13.1. The summed E-state index contributed by atoms with van der Waals surface area (Å²) >= 11 is 6.87. The van der Waals surface area contributed by atoms with E-state index < -0.39 is 0 Å². The minimum atomic E-state index is -0.311. The number of carbonyl (C=O) groups excluding carboxylic acids is 2. The number of amides is 2. The number of hydrogen-bond acceptors (Lipinski definition) is 5. The summed E-state index contributed by atoms with van der Waals surface area (Å²) in [5.74, 6) is 0.245. The predicted molar refractivity (Wildman–Crippen MR) is 144 cm³/mol. The van der Waals surface area contributed by atoms with Gasteiger partial charge in [0.2, 0.25) is 0 Å². The van der Waals surface area contributed by atoms with Crippen molar-refractivity contribution in [3.8, 4) is 0 Å². The van der Waals surface area contributed by atoms with Gasteiger partial charge in [0.1, 0.15) is 0 Å². The lowest BCUT2D eigenvalue weighted by Gasteiger charge is -2.39. The molecule has 2 atom stereocenters. The molecular formula is C29H33ClN4O3. The quantitative estimate of drug-likeness (QED) is 0.450. The lowest BCUT2D eigenvalue weighted by Crippen LogP contribution is -2.55. The lowest BCUT2D eigenvalue weighted by molar-refractivity contribution is 0.0414. The first kappa shape index (κ1) is 25.5. The summed E-state index contributed by atoms with van der Waals surface area (Å²) in [6.07, 6.45) is 4.96. The predicted octanol–water partition coefficient (Wildman–Crippen LogP) is 5.56. The van der Waals surface area contributed by atoms with Crippen LogP contribution in [0, 0.1) is 6.92 Å². The van der Waals surface area contributed by atoms with Gasteiger partial charge in [-0.3, -0.25) is 14.8 Å². The lowest BCUT2D eigenvalue weighted by atomic mass is 9.83. The Morgan fingerprint density at radius 1 is 1.22 bits per heavy atom. The molecule has 0 saturated carbocycles. The zero-order chi connectivity index (χ0) is 26.1. The number of aromatic nitrogens is 2. The molecule has 3 aromatic rings. The fourth-order valence-electron chi connectivity index (χ4n) is 5.55. The summed E-state index contributed by atoms with van der Waals surface area (Å²) in [6, 6.07) is 9.56. The fraction of sp³-hybridized carbons (Fsp3) is 0.448. The monoisotopic (exact) mass is 520 g/mol. The number of aryl methyl sites for hydroxylation is 1. The van der Waals surface area contributed by atoms with Crippen LogP contribution < -0.4 is 0 Å². The van der Waals surface area contributed by atoms with Crippen LogP contribution in [0.1, 0.15) is 65.5 Å². The van der Waals surface area contributed by atoms with Crippen LogP contribution >= 0.6 is 11.6 Å². The maximum absolute atomic E-state index is 13.5. The van der Waals surface area contributed by atoms with Crippen molar-refractivity contribution in [1.29, 1.82) is 0 Å². The Morgan fingerprint density at radius 3 is 2.81 bits per heavy atom. The number of nitrogens with zero attached hydrogens (tertiary/aromatic N) is 4. The van der Waals surface area contributed by atoms with E-state index >= 15 is 0 Å². The molecule has 0 spiro atoms. The topological polar surface area (TPSA) is 75.6 Å². The van der Waals surface area contributed by atoms with Crippen LogP contribution in [0.5, 0.6) is 0 Å². The standard InChI is InChI=1S/C29H33ClN4O3/c1-4-14-37-29(36)33-12-13-34(19(3)17-33)28(35)21-8-10-23-25(16-21)32-24-15-20(7-9-22(24)26(23)30)27-18(2)6-5-11-31-27/h5-6,8,10-11,16,19-20H,4,7,9,12-15,17H2,1-3H3/t19-,20?/m1/s1. The van der Waals surface area contributed by atoms with Gasteiger partial charge in [-0.25, -0.2) is 4.79 Å². The average molecular weight is 521 g/mol. The second kappa shape index (κ2) is 10.7. The van der Waals surface area contributed by atoms with E-state index in [1.54, 1.807) is 4.90 Å². The number of benzene rings is 1. The molecule has 1 fully saturated rings. The molecule has 0 bridgehead atoms. The minimum Gasteiger partial charge on any atom is -0.449 e. The van der Waals surface area contributed by atoms with E-state index in [0.29, 0.717) is 37.7 Å². The van der Waals surface area contributed by atoms with Gasteiger partial charge in [-0.1, -0.05) is 30.7 Å². The largest absolute Gasteiger partial charge is 0.449 e. The number of ether oxygens (including phenoxy) is 1. The Bertz CT molecular complexity index is 1340. The highest BCUT2D eigenvalue weighted by Gasteiger charge is 2.32. The van der Waals surface area contributed by atoms with Gasteiger partial charge >= 0.3 is 6.09 Å². The van der Waals surface area contributed by atoms with Crippen molar-refractivity contribution < 1.29 is 14.3 Å². The molecule has 194 valence electrons. The highest BCUT2D eigenvalue weighted by atomic mass is 35.5. The van der Waals surface area contributed by atoms with E-state index in [1.807, 2.05) is 49.2 Å². The number of fused-ring (bicyclic) bond motifs is 2. The van der Waals surface area contributed by atoms with Gasteiger partial charge in [-0.15, -0.1) is 0 Å². The molecule has 3 heterocycles. The Labute approximate surface area is 222 Å². The van der Waals surface area contributed by atoms with Gasteiger partial charge in [0, 0.05) is 60.1 Å². The first-order valence-corrected chi connectivity index (χ1v) is 13.5. The molecule has 8 heteroatoms. The fourth-order valence-corrected chi connectivity index (χ4v) is 5.92. The highest BCUT2D eigenvalue weighted by molar-refractivity contribution is 6.36. The third-order valence-corrected chi connectivity index (χ3v) is 7.98. The van der Waals surface area contributed by atoms with E-state index in [0.717, 1.165) is 58.6 Å². The first-order chi connectivity index (χ1) is 17.9. The summed E-state index contributed by atoms with van der Waals surface area (Å²) in [6.45, 7) is 7.81. The Balaban J connectivity index is 1.37. The molecule has 7 nitrogen and oxygen atoms in total. The molecule has 2 amide bonds. The SMILES string of the molecule is CCCOC(=O)N1CCN(C(=O)c2ccc3c(Cl)c4c(nc3c2)CC(c2ncccc2C)CC4)[C@H](C)C1. The molecule has 1 aliphatic heterocycles. The molecule has 37 heavy (non-hydrogen) atoms. The molecule has 0 radical (unpaired) electrons. The number of hydrogen-bond donors (Lipinski definition) is 0. The van der Waals surface area contributed by atoms with E-state index in [2.05, 4.69) is 18.0 Å². The van der Waals surface area contributed by atoms with Crippen LogP contribution in [0.4, 0.5) is 4.79 Å². The Hall–Kier alpha value is -3.19. The van der Waals surface area contributed by atoms with Gasteiger partial charge in [-0.05, 0) is 68.9 Å². The zero-order valence-electron chi connectivity index (χ0n) is 21.7. The molecule has 0 N–H and O–H groups in total. The van der Waals surface area contributed by atoms with E-state index in [4.69, 9.17) is 21.3 Å². The van der Waals surface area contributed by atoms with Crippen molar-refractivity contribution in [2.24, 2.45) is 0 Å². The minimum absolute atomic E-state index is 0.0615. The van der Waals surface area contributed by atoms with Gasteiger partial charge in [0.15, 0.2) is 0 Å². The summed E-state index contributed by atoms with van der Waals surface area (Å²) in [4.78, 5) is 38.9. The van der Waals surface area contributed by atoms with Crippen molar-refractivity contribution in [2.45, 2.75) is 58.4 Å². The molecule has 1 saturated heterocycles. The van der Waals surface area contributed by atoms with E-state index in [1.165, 1.54) is 5.56 Å². The van der Waals surface area contributed by atoms with Crippen LogP contribution in [0.3, 0.4) is 0 Å². The van der Waals surface area contributed by atoms with E-state index in [9.17, 15) is 9.59 Å². The Kier molecular flexibility index (Phi) is 7.33.